The third kappa shape index (κ3) is 3.74. The number of hydrogen-bond acceptors (Lipinski definition) is 2. The Morgan fingerprint density at radius 3 is 2.61 bits per heavy atom. The molecule has 0 saturated heterocycles. The number of hydrogen-bond donors (Lipinski definition) is 1. The molecule has 2 nitrogen and oxygen atoms in total. The van der Waals surface area contributed by atoms with E-state index in [9.17, 15) is 0 Å². The molecule has 1 aliphatic rings. The Hall–Kier alpha value is -1.02. The molecule has 0 radical (unpaired) electrons. The van der Waals surface area contributed by atoms with E-state index in [-0.39, 0.29) is 0 Å². The Bertz CT molecular complexity index is 347. The van der Waals surface area contributed by atoms with Gasteiger partial charge in [0, 0.05) is 0 Å². The highest BCUT2D eigenvalue weighted by Gasteiger charge is 2.37. The van der Waals surface area contributed by atoms with Crippen LogP contribution in [0.25, 0.3) is 0 Å². The summed E-state index contributed by atoms with van der Waals surface area (Å²) >= 11 is 0. The summed E-state index contributed by atoms with van der Waals surface area (Å²) in [6.45, 7) is 7.48. The minimum atomic E-state index is 0.773. The van der Waals surface area contributed by atoms with E-state index < -0.39 is 0 Å². The summed E-state index contributed by atoms with van der Waals surface area (Å²) in [5.41, 5.74) is 1.47. The molecule has 1 N–H and O–H groups in total. The first-order valence-electron chi connectivity index (χ1n) is 7.28. The molecule has 2 unspecified atom stereocenters. The molecule has 1 aliphatic carbocycles. The minimum Gasteiger partial charge on any atom is -0.494 e. The summed E-state index contributed by atoms with van der Waals surface area (Å²) in [6.07, 6.45) is 3.63. The van der Waals surface area contributed by atoms with Gasteiger partial charge in [0.25, 0.3) is 0 Å². The molecule has 0 aliphatic heterocycles. The summed E-state index contributed by atoms with van der Waals surface area (Å²) in [5.74, 6) is 2.62. The predicted octanol–water partition coefficient (Wildman–Crippen LogP) is 3.58. The molecule has 1 fully saturated rings. The van der Waals surface area contributed by atoms with Crippen LogP contribution in [0.2, 0.25) is 0 Å². The second kappa shape index (κ2) is 6.79. The lowest BCUT2D eigenvalue weighted by molar-refractivity contribution is 0.317. The van der Waals surface area contributed by atoms with Gasteiger partial charge in [0.1, 0.15) is 5.75 Å². The van der Waals surface area contributed by atoms with Crippen LogP contribution < -0.4 is 10.1 Å². The minimum absolute atomic E-state index is 0.773. The molecule has 2 atom stereocenters. The molecule has 1 saturated carbocycles. The van der Waals surface area contributed by atoms with Crippen LogP contribution in [0.5, 0.6) is 5.75 Å². The lowest BCUT2D eigenvalue weighted by Crippen LogP contribution is -2.17. The van der Waals surface area contributed by atoms with Gasteiger partial charge >= 0.3 is 0 Å². The maximum absolute atomic E-state index is 5.60. The fourth-order valence-corrected chi connectivity index (χ4v) is 2.38. The zero-order valence-corrected chi connectivity index (χ0v) is 11.6. The van der Waals surface area contributed by atoms with Crippen molar-refractivity contribution in [1.29, 1.82) is 0 Å². The molecule has 1 aromatic carbocycles. The monoisotopic (exact) mass is 247 g/mol. The van der Waals surface area contributed by atoms with E-state index in [4.69, 9.17) is 4.74 Å². The average molecular weight is 247 g/mol. The van der Waals surface area contributed by atoms with Gasteiger partial charge in [0.15, 0.2) is 0 Å². The van der Waals surface area contributed by atoms with Gasteiger partial charge in [-0.3, -0.25) is 0 Å². The first kappa shape index (κ1) is 13.4. The first-order chi connectivity index (χ1) is 8.85. The standard InChI is InChI=1S/C16H25NO/c1-3-9-17-12-14-11-16(14)13-5-7-15(8-6-13)18-10-4-2/h5-8,14,16-17H,3-4,9-12H2,1-2H3. The second-order valence-corrected chi connectivity index (χ2v) is 5.22. The molecule has 2 heteroatoms. The van der Waals surface area contributed by atoms with E-state index >= 15 is 0 Å². The fraction of sp³-hybridized carbons (Fsp3) is 0.625. The lowest BCUT2D eigenvalue weighted by atomic mass is 10.1. The third-order valence-corrected chi connectivity index (χ3v) is 3.54. The van der Waals surface area contributed by atoms with Crippen molar-refractivity contribution >= 4 is 0 Å². The van der Waals surface area contributed by atoms with Crippen molar-refractivity contribution in [3.63, 3.8) is 0 Å². The smallest absolute Gasteiger partial charge is 0.119 e. The van der Waals surface area contributed by atoms with Gasteiger partial charge in [0.05, 0.1) is 6.61 Å². The second-order valence-electron chi connectivity index (χ2n) is 5.22. The molecule has 0 aromatic heterocycles. The van der Waals surface area contributed by atoms with E-state index in [2.05, 4.69) is 43.4 Å². The molecule has 0 amide bonds. The van der Waals surface area contributed by atoms with Crippen LogP contribution >= 0.6 is 0 Å². The van der Waals surface area contributed by atoms with Crippen LogP contribution in [-0.4, -0.2) is 19.7 Å². The molecule has 0 bridgehead atoms. The van der Waals surface area contributed by atoms with E-state index in [1.165, 1.54) is 24.9 Å². The Balaban J connectivity index is 1.77. The third-order valence-electron chi connectivity index (χ3n) is 3.54. The quantitative estimate of drug-likeness (QED) is 0.709. The summed E-state index contributed by atoms with van der Waals surface area (Å²) in [4.78, 5) is 0. The van der Waals surface area contributed by atoms with Crippen molar-refractivity contribution in [2.24, 2.45) is 5.92 Å². The van der Waals surface area contributed by atoms with E-state index in [0.29, 0.717) is 0 Å². The zero-order valence-electron chi connectivity index (χ0n) is 11.6. The summed E-state index contributed by atoms with van der Waals surface area (Å²) in [7, 11) is 0. The van der Waals surface area contributed by atoms with Gasteiger partial charge in [-0.05, 0) is 61.9 Å². The van der Waals surface area contributed by atoms with Crippen LogP contribution in [0.3, 0.4) is 0 Å². The lowest BCUT2D eigenvalue weighted by Gasteiger charge is -2.06. The maximum Gasteiger partial charge on any atom is 0.119 e. The largest absolute Gasteiger partial charge is 0.494 e. The average Bonchev–Trinajstić information content (AvgIpc) is 3.17. The number of benzene rings is 1. The van der Waals surface area contributed by atoms with Crippen LogP contribution in [0.15, 0.2) is 24.3 Å². The van der Waals surface area contributed by atoms with Gasteiger partial charge in [0.2, 0.25) is 0 Å². The highest BCUT2D eigenvalue weighted by atomic mass is 16.5. The molecule has 2 rings (SSSR count). The van der Waals surface area contributed by atoms with Gasteiger partial charge in [-0.2, -0.15) is 0 Å². The number of rotatable bonds is 8. The van der Waals surface area contributed by atoms with Crippen molar-refractivity contribution in [2.45, 2.75) is 39.0 Å². The number of ether oxygens (including phenoxy) is 1. The van der Waals surface area contributed by atoms with Gasteiger partial charge in [-0.25, -0.2) is 0 Å². The van der Waals surface area contributed by atoms with Crippen molar-refractivity contribution < 1.29 is 4.74 Å². The molecular formula is C16H25NO. The van der Waals surface area contributed by atoms with E-state index in [0.717, 1.165) is 37.2 Å². The number of nitrogens with one attached hydrogen (secondary N) is 1. The Kier molecular flexibility index (Phi) is 5.06. The molecular weight excluding hydrogens is 222 g/mol. The van der Waals surface area contributed by atoms with Crippen LogP contribution in [0.1, 0.15) is 44.6 Å². The van der Waals surface area contributed by atoms with E-state index in [1.807, 2.05) is 0 Å². The van der Waals surface area contributed by atoms with Crippen molar-refractivity contribution in [2.75, 3.05) is 19.7 Å². The first-order valence-corrected chi connectivity index (χ1v) is 7.28. The fourth-order valence-electron chi connectivity index (χ4n) is 2.38. The molecule has 18 heavy (non-hydrogen) atoms. The van der Waals surface area contributed by atoms with Crippen LogP contribution in [0, 0.1) is 5.92 Å². The topological polar surface area (TPSA) is 21.3 Å². The molecule has 100 valence electrons. The Morgan fingerprint density at radius 1 is 1.17 bits per heavy atom. The van der Waals surface area contributed by atoms with Crippen LogP contribution in [-0.2, 0) is 0 Å². The summed E-state index contributed by atoms with van der Waals surface area (Å²) in [6, 6.07) is 8.69. The van der Waals surface area contributed by atoms with Crippen molar-refractivity contribution in [3.05, 3.63) is 29.8 Å². The van der Waals surface area contributed by atoms with Gasteiger partial charge in [-0.15, -0.1) is 0 Å². The Morgan fingerprint density at radius 2 is 1.94 bits per heavy atom. The molecule has 0 heterocycles. The molecule has 0 spiro atoms. The SMILES string of the molecule is CCCNCC1CC1c1ccc(OCCC)cc1. The summed E-state index contributed by atoms with van der Waals surface area (Å²) in [5, 5.41) is 3.51. The highest BCUT2D eigenvalue weighted by molar-refractivity contribution is 5.32. The summed E-state index contributed by atoms with van der Waals surface area (Å²) < 4.78 is 5.60. The zero-order chi connectivity index (χ0) is 12.8. The van der Waals surface area contributed by atoms with Gasteiger partial charge in [-0.1, -0.05) is 26.0 Å². The van der Waals surface area contributed by atoms with Crippen molar-refractivity contribution in [1.82, 2.24) is 5.32 Å². The molecule has 1 aromatic rings. The van der Waals surface area contributed by atoms with Crippen LogP contribution in [0.4, 0.5) is 0 Å². The van der Waals surface area contributed by atoms with Gasteiger partial charge < -0.3 is 10.1 Å². The Labute approximate surface area is 111 Å². The highest BCUT2D eigenvalue weighted by Crippen LogP contribution is 2.47. The van der Waals surface area contributed by atoms with E-state index in [1.54, 1.807) is 0 Å². The van der Waals surface area contributed by atoms with Crippen molar-refractivity contribution in [3.8, 4) is 5.75 Å². The maximum atomic E-state index is 5.60. The predicted molar refractivity (Wildman–Crippen MR) is 76.2 cm³/mol. The normalized spacial score (nSPS) is 21.9.